The first-order valence-electron chi connectivity index (χ1n) is 5.83. The van der Waals surface area contributed by atoms with Crippen LogP contribution < -0.4 is 0 Å². The summed E-state index contributed by atoms with van der Waals surface area (Å²) in [6.07, 6.45) is 5.11. The van der Waals surface area contributed by atoms with Crippen LogP contribution in [0.1, 0.15) is 36.8 Å². The number of nitrogens with zero attached hydrogens (tertiary/aromatic N) is 2. The van der Waals surface area contributed by atoms with Gasteiger partial charge in [0.1, 0.15) is 5.25 Å². The number of aromatic nitrogens is 2. The summed E-state index contributed by atoms with van der Waals surface area (Å²) in [6.45, 7) is 2.52. The zero-order valence-electron chi connectivity index (χ0n) is 9.80. The molecule has 94 valence electrons. The van der Waals surface area contributed by atoms with Gasteiger partial charge in [-0.05, 0) is 19.8 Å². The fourth-order valence-electron chi connectivity index (χ4n) is 2.18. The van der Waals surface area contributed by atoms with Gasteiger partial charge in [-0.2, -0.15) is 0 Å². The Morgan fingerprint density at radius 3 is 2.94 bits per heavy atom. The molecule has 1 atom stereocenters. The lowest BCUT2D eigenvalue weighted by Crippen LogP contribution is -2.36. The van der Waals surface area contributed by atoms with Gasteiger partial charge in [0.2, 0.25) is 5.78 Å². The van der Waals surface area contributed by atoms with Crippen molar-refractivity contribution < 1.29 is 13.2 Å². The van der Waals surface area contributed by atoms with E-state index >= 15 is 0 Å². The van der Waals surface area contributed by atoms with Crippen LogP contribution in [0.25, 0.3) is 0 Å². The lowest BCUT2D eigenvalue weighted by Gasteiger charge is -2.20. The van der Waals surface area contributed by atoms with E-state index in [-0.39, 0.29) is 17.4 Å². The van der Waals surface area contributed by atoms with Gasteiger partial charge in [0.05, 0.1) is 5.75 Å². The number of Topliss-reactive ketones (excluding diaryl/α,β-unsaturated/α-hetero) is 1. The second-order valence-electron chi connectivity index (χ2n) is 4.25. The molecule has 17 heavy (non-hydrogen) atoms. The third kappa shape index (κ3) is 2.26. The molecule has 0 N–H and O–H groups in total. The zero-order valence-corrected chi connectivity index (χ0v) is 10.6. The molecule has 1 aliphatic rings. The van der Waals surface area contributed by atoms with Crippen molar-refractivity contribution in [3.05, 3.63) is 18.2 Å². The Labute approximate surface area is 101 Å². The maximum absolute atomic E-state index is 12.2. The number of ketones is 1. The molecule has 0 aromatic carbocycles. The summed E-state index contributed by atoms with van der Waals surface area (Å²) in [4.78, 5) is 16.2. The van der Waals surface area contributed by atoms with Crippen LogP contribution in [0.2, 0.25) is 0 Å². The summed E-state index contributed by atoms with van der Waals surface area (Å²) < 4.78 is 25.4. The zero-order chi connectivity index (χ0) is 12.5. The number of sulfone groups is 1. The minimum atomic E-state index is -3.28. The summed E-state index contributed by atoms with van der Waals surface area (Å²) in [7, 11) is -3.28. The van der Waals surface area contributed by atoms with Gasteiger partial charge in [-0.1, -0.05) is 6.42 Å². The third-order valence-electron chi connectivity index (χ3n) is 3.15. The van der Waals surface area contributed by atoms with Gasteiger partial charge in [-0.15, -0.1) is 0 Å². The Kier molecular flexibility index (Phi) is 3.33. The van der Waals surface area contributed by atoms with Crippen molar-refractivity contribution in [1.29, 1.82) is 0 Å². The smallest absolute Gasteiger partial charge is 0.216 e. The molecule has 1 aromatic rings. The second kappa shape index (κ2) is 4.60. The number of carbonyl (C=O) groups excluding carboxylic acids is 1. The van der Waals surface area contributed by atoms with E-state index in [1.165, 1.54) is 6.20 Å². The van der Waals surface area contributed by atoms with E-state index in [1.807, 2.05) is 6.92 Å². The topological polar surface area (TPSA) is 69.0 Å². The highest BCUT2D eigenvalue weighted by molar-refractivity contribution is 7.92. The number of rotatable bonds is 3. The van der Waals surface area contributed by atoms with Gasteiger partial charge in [-0.25, -0.2) is 13.4 Å². The van der Waals surface area contributed by atoms with Gasteiger partial charge in [0.15, 0.2) is 15.7 Å². The molecule has 2 heterocycles. The van der Waals surface area contributed by atoms with Crippen LogP contribution in [0.3, 0.4) is 0 Å². The molecule has 6 heteroatoms. The highest BCUT2D eigenvalue weighted by atomic mass is 32.2. The number of hydrogen-bond donors (Lipinski definition) is 0. The predicted molar refractivity (Wildman–Crippen MR) is 63.7 cm³/mol. The van der Waals surface area contributed by atoms with E-state index < -0.39 is 15.1 Å². The molecule has 0 radical (unpaired) electrons. The van der Waals surface area contributed by atoms with Crippen LogP contribution in [0, 0.1) is 0 Å². The fourth-order valence-corrected chi connectivity index (χ4v) is 4.03. The van der Waals surface area contributed by atoms with E-state index in [4.69, 9.17) is 0 Å². The molecule has 1 unspecified atom stereocenters. The van der Waals surface area contributed by atoms with Crippen molar-refractivity contribution in [2.45, 2.75) is 38.0 Å². The monoisotopic (exact) mass is 256 g/mol. The average Bonchev–Trinajstić information content (AvgIpc) is 2.75. The first-order chi connectivity index (χ1) is 8.06. The predicted octanol–water partition coefficient (Wildman–Crippen LogP) is 1.05. The molecule has 2 rings (SSSR count). The molecule has 0 saturated carbocycles. The quantitative estimate of drug-likeness (QED) is 0.758. The maximum atomic E-state index is 12.2. The normalized spacial score (nSPS) is 23.5. The molecule has 0 spiro atoms. The van der Waals surface area contributed by atoms with E-state index in [0.29, 0.717) is 19.4 Å². The van der Waals surface area contributed by atoms with Gasteiger partial charge in [0.25, 0.3) is 0 Å². The van der Waals surface area contributed by atoms with Crippen molar-refractivity contribution >= 4 is 15.6 Å². The second-order valence-corrected chi connectivity index (χ2v) is 6.56. The molecule has 1 saturated heterocycles. The standard InChI is InChI=1S/C11H16N2O3S/c1-2-13-7-6-12-11(13)10(14)9-5-3-4-8-17(9,15)16/h6-7,9H,2-5,8H2,1H3. The lowest BCUT2D eigenvalue weighted by molar-refractivity contribution is 0.0967. The summed E-state index contributed by atoms with van der Waals surface area (Å²) in [5.74, 6) is 0.0375. The summed E-state index contributed by atoms with van der Waals surface area (Å²) in [5, 5.41) is -0.885. The number of imidazole rings is 1. The van der Waals surface area contributed by atoms with E-state index in [9.17, 15) is 13.2 Å². The van der Waals surface area contributed by atoms with Crippen molar-refractivity contribution in [1.82, 2.24) is 9.55 Å². The van der Waals surface area contributed by atoms with Crippen LogP contribution in [-0.2, 0) is 16.4 Å². The highest BCUT2D eigenvalue weighted by Crippen LogP contribution is 2.22. The summed E-state index contributed by atoms with van der Waals surface area (Å²) in [5.41, 5.74) is 0. The van der Waals surface area contributed by atoms with Crippen LogP contribution in [0.15, 0.2) is 12.4 Å². The third-order valence-corrected chi connectivity index (χ3v) is 5.32. The van der Waals surface area contributed by atoms with E-state index in [0.717, 1.165) is 6.42 Å². The molecule has 0 aliphatic carbocycles. The van der Waals surface area contributed by atoms with Crippen molar-refractivity contribution in [2.24, 2.45) is 0 Å². The van der Waals surface area contributed by atoms with Gasteiger partial charge in [0, 0.05) is 18.9 Å². The van der Waals surface area contributed by atoms with Crippen LogP contribution in [0.5, 0.6) is 0 Å². The lowest BCUT2D eigenvalue weighted by atomic mass is 10.1. The molecule has 1 aliphatic heterocycles. The first kappa shape index (κ1) is 12.3. The first-order valence-corrected chi connectivity index (χ1v) is 7.54. The van der Waals surface area contributed by atoms with Gasteiger partial charge >= 0.3 is 0 Å². The number of aryl methyl sites for hydroxylation is 1. The highest BCUT2D eigenvalue weighted by Gasteiger charge is 2.36. The Hall–Kier alpha value is -1.17. The number of hydrogen-bond acceptors (Lipinski definition) is 4. The number of carbonyl (C=O) groups is 1. The molecule has 1 aromatic heterocycles. The van der Waals surface area contributed by atoms with Crippen LogP contribution in [0.4, 0.5) is 0 Å². The molecule has 1 fully saturated rings. The molecular weight excluding hydrogens is 240 g/mol. The Morgan fingerprint density at radius 1 is 1.53 bits per heavy atom. The van der Waals surface area contributed by atoms with Gasteiger partial charge < -0.3 is 4.57 Å². The summed E-state index contributed by atoms with van der Waals surface area (Å²) >= 11 is 0. The van der Waals surface area contributed by atoms with Crippen LogP contribution >= 0.6 is 0 Å². The van der Waals surface area contributed by atoms with Gasteiger partial charge in [-0.3, -0.25) is 4.79 Å². The Balaban J connectivity index is 2.31. The van der Waals surface area contributed by atoms with Crippen molar-refractivity contribution in [2.75, 3.05) is 5.75 Å². The van der Waals surface area contributed by atoms with Crippen molar-refractivity contribution in [3.63, 3.8) is 0 Å². The molecule has 5 nitrogen and oxygen atoms in total. The molecule has 0 bridgehead atoms. The Morgan fingerprint density at radius 2 is 2.29 bits per heavy atom. The molecule has 0 amide bonds. The van der Waals surface area contributed by atoms with Crippen LogP contribution in [-0.4, -0.2) is 34.8 Å². The summed E-state index contributed by atoms with van der Waals surface area (Å²) in [6, 6.07) is 0. The molecular formula is C11H16N2O3S. The SMILES string of the molecule is CCn1ccnc1C(=O)C1CCCCS1(=O)=O. The fraction of sp³-hybridized carbons (Fsp3) is 0.636. The largest absolute Gasteiger partial charge is 0.329 e. The minimum absolute atomic E-state index is 0.121. The maximum Gasteiger partial charge on any atom is 0.216 e. The Bertz CT molecular complexity index is 519. The van der Waals surface area contributed by atoms with E-state index in [1.54, 1.807) is 10.8 Å². The van der Waals surface area contributed by atoms with E-state index in [2.05, 4.69) is 4.98 Å². The average molecular weight is 256 g/mol. The minimum Gasteiger partial charge on any atom is -0.329 e. The van der Waals surface area contributed by atoms with Crippen molar-refractivity contribution in [3.8, 4) is 0 Å².